The van der Waals surface area contributed by atoms with Gasteiger partial charge in [-0.2, -0.15) is 0 Å². The van der Waals surface area contributed by atoms with E-state index in [0.717, 1.165) is 34.5 Å². The largest absolute Gasteiger partial charge is 0.354 e. The van der Waals surface area contributed by atoms with Gasteiger partial charge in [0.2, 0.25) is 21.8 Å². The quantitative estimate of drug-likeness (QED) is 0.465. The van der Waals surface area contributed by atoms with Crippen LogP contribution in [0.1, 0.15) is 43.4 Å². The van der Waals surface area contributed by atoms with Crippen molar-refractivity contribution in [3.8, 4) is 0 Å². The summed E-state index contributed by atoms with van der Waals surface area (Å²) in [7, 11) is -3.77. The third-order valence-corrected chi connectivity index (χ3v) is 7.09. The molecule has 0 aliphatic rings. The summed E-state index contributed by atoms with van der Waals surface area (Å²) in [6, 6.07) is 11.6. The van der Waals surface area contributed by atoms with E-state index < -0.39 is 28.5 Å². The van der Waals surface area contributed by atoms with Crippen LogP contribution in [-0.4, -0.2) is 50.5 Å². The fourth-order valence-electron chi connectivity index (χ4n) is 3.61. The summed E-state index contributed by atoms with van der Waals surface area (Å²) in [4.78, 5) is 27.7. The van der Waals surface area contributed by atoms with Gasteiger partial charge in [0, 0.05) is 18.1 Å². The standard InChI is InChI=1S/C25H34ClN3O4S/c1-6-7-14-27-25(31)20(4)28(16-21-10-8-9-11-22(21)26)24(30)17-29(34(5,32)33)23-13-12-18(2)15-19(23)3/h8-13,15,20H,6-7,14,16-17H2,1-5H3,(H,27,31)/t20-/m0/s1. The lowest BCUT2D eigenvalue weighted by molar-refractivity contribution is -0.139. The van der Waals surface area contributed by atoms with E-state index in [0.29, 0.717) is 22.8 Å². The van der Waals surface area contributed by atoms with Crippen LogP contribution < -0.4 is 9.62 Å². The van der Waals surface area contributed by atoms with Gasteiger partial charge < -0.3 is 10.2 Å². The Labute approximate surface area is 208 Å². The zero-order chi connectivity index (χ0) is 25.5. The molecule has 186 valence electrons. The van der Waals surface area contributed by atoms with E-state index in [1.807, 2.05) is 19.9 Å². The number of halogens is 1. The van der Waals surface area contributed by atoms with Crippen molar-refractivity contribution in [3.63, 3.8) is 0 Å². The first-order valence-corrected chi connectivity index (χ1v) is 13.5. The van der Waals surface area contributed by atoms with E-state index in [9.17, 15) is 18.0 Å². The maximum atomic E-state index is 13.5. The zero-order valence-corrected chi connectivity index (χ0v) is 22.0. The third-order valence-electron chi connectivity index (χ3n) is 5.60. The molecule has 34 heavy (non-hydrogen) atoms. The lowest BCUT2D eigenvalue weighted by atomic mass is 10.1. The van der Waals surface area contributed by atoms with E-state index in [-0.39, 0.29) is 12.5 Å². The molecule has 1 atom stereocenters. The van der Waals surface area contributed by atoms with Crippen molar-refractivity contribution >= 4 is 39.1 Å². The van der Waals surface area contributed by atoms with Gasteiger partial charge in [0.1, 0.15) is 12.6 Å². The molecule has 0 aromatic heterocycles. The average molecular weight is 508 g/mol. The SMILES string of the molecule is CCCCNC(=O)[C@H](C)N(Cc1ccccc1Cl)C(=O)CN(c1ccc(C)cc1C)S(C)(=O)=O. The van der Waals surface area contributed by atoms with Gasteiger partial charge >= 0.3 is 0 Å². The minimum atomic E-state index is -3.77. The molecular weight excluding hydrogens is 474 g/mol. The molecule has 0 unspecified atom stereocenters. The Bertz CT molecular complexity index is 1120. The molecule has 2 aromatic rings. The molecule has 0 radical (unpaired) electrons. The Morgan fingerprint density at radius 2 is 1.79 bits per heavy atom. The summed E-state index contributed by atoms with van der Waals surface area (Å²) in [5.74, 6) is -0.797. The van der Waals surface area contributed by atoms with Crippen molar-refractivity contribution in [1.82, 2.24) is 10.2 Å². The fraction of sp³-hybridized carbons (Fsp3) is 0.440. The molecule has 7 nitrogen and oxygen atoms in total. The minimum absolute atomic E-state index is 0.0748. The topological polar surface area (TPSA) is 86.8 Å². The zero-order valence-electron chi connectivity index (χ0n) is 20.5. The number of carbonyl (C=O) groups is 2. The second kappa shape index (κ2) is 12.2. The van der Waals surface area contributed by atoms with Gasteiger partial charge in [-0.15, -0.1) is 0 Å². The normalized spacial score (nSPS) is 12.2. The molecule has 9 heteroatoms. The number of anilines is 1. The molecule has 0 saturated carbocycles. The van der Waals surface area contributed by atoms with E-state index >= 15 is 0 Å². The van der Waals surface area contributed by atoms with Gasteiger partial charge in [-0.25, -0.2) is 8.42 Å². The van der Waals surface area contributed by atoms with Gasteiger partial charge in [-0.3, -0.25) is 13.9 Å². The molecule has 2 rings (SSSR count). The fourth-order valence-corrected chi connectivity index (χ4v) is 4.71. The first-order valence-electron chi connectivity index (χ1n) is 11.3. The molecule has 2 aromatic carbocycles. The molecule has 0 bridgehead atoms. The van der Waals surface area contributed by atoms with Gasteiger partial charge in [-0.05, 0) is 50.5 Å². The second-order valence-electron chi connectivity index (χ2n) is 8.49. The molecule has 0 fully saturated rings. The van der Waals surface area contributed by atoms with E-state index in [1.54, 1.807) is 50.2 Å². The predicted molar refractivity (Wildman–Crippen MR) is 137 cm³/mol. The molecule has 0 aliphatic heterocycles. The number of benzene rings is 2. The highest BCUT2D eigenvalue weighted by atomic mass is 35.5. The first-order chi connectivity index (χ1) is 16.0. The Morgan fingerprint density at radius 3 is 2.38 bits per heavy atom. The number of rotatable bonds is 11. The van der Waals surface area contributed by atoms with Crippen molar-refractivity contribution in [2.24, 2.45) is 0 Å². The van der Waals surface area contributed by atoms with Crippen molar-refractivity contribution in [3.05, 3.63) is 64.2 Å². The van der Waals surface area contributed by atoms with Crippen molar-refractivity contribution in [2.75, 3.05) is 23.7 Å². The number of sulfonamides is 1. The lowest BCUT2D eigenvalue weighted by Gasteiger charge is -2.32. The minimum Gasteiger partial charge on any atom is -0.354 e. The molecule has 1 N–H and O–H groups in total. The van der Waals surface area contributed by atoms with Crippen molar-refractivity contribution < 1.29 is 18.0 Å². The van der Waals surface area contributed by atoms with Crippen LogP contribution in [0.5, 0.6) is 0 Å². The van der Waals surface area contributed by atoms with Crippen LogP contribution in [0.15, 0.2) is 42.5 Å². The maximum Gasteiger partial charge on any atom is 0.244 e. The number of unbranched alkanes of at least 4 members (excludes halogenated alkanes) is 1. The molecule has 0 spiro atoms. The van der Waals surface area contributed by atoms with Crippen molar-refractivity contribution in [1.29, 1.82) is 0 Å². The molecular formula is C25H34ClN3O4S. The Balaban J connectivity index is 2.39. The second-order valence-corrected chi connectivity index (χ2v) is 10.8. The third kappa shape index (κ3) is 7.46. The van der Waals surface area contributed by atoms with E-state index in [2.05, 4.69) is 5.32 Å². The Hall–Kier alpha value is -2.58. The molecule has 0 heterocycles. The van der Waals surface area contributed by atoms with Crippen LogP contribution in [0, 0.1) is 13.8 Å². The highest BCUT2D eigenvalue weighted by Gasteiger charge is 2.30. The predicted octanol–water partition coefficient (Wildman–Crippen LogP) is 4.06. The number of hydrogen-bond donors (Lipinski definition) is 1. The highest BCUT2D eigenvalue weighted by molar-refractivity contribution is 7.92. The molecule has 2 amide bonds. The van der Waals surface area contributed by atoms with Crippen LogP contribution in [-0.2, 0) is 26.2 Å². The highest BCUT2D eigenvalue weighted by Crippen LogP contribution is 2.25. The van der Waals surface area contributed by atoms with Crippen LogP contribution in [0.2, 0.25) is 5.02 Å². The summed E-state index contributed by atoms with van der Waals surface area (Å²) in [5, 5.41) is 3.32. The smallest absolute Gasteiger partial charge is 0.244 e. The number of nitrogens with zero attached hydrogens (tertiary/aromatic N) is 2. The van der Waals surface area contributed by atoms with E-state index in [4.69, 9.17) is 11.6 Å². The number of aryl methyl sites for hydroxylation is 2. The average Bonchev–Trinajstić information content (AvgIpc) is 2.76. The maximum absolute atomic E-state index is 13.5. The molecule has 0 aliphatic carbocycles. The lowest BCUT2D eigenvalue weighted by Crippen LogP contribution is -2.51. The van der Waals surface area contributed by atoms with Gasteiger partial charge in [-0.1, -0.05) is 60.8 Å². The van der Waals surface area contributed by atoms with Crippen LogP contribution in [0.3, 0.4) is 0 Å². The van der Waals surface area contributed by atoms with Gasteiger partial charge in [0.25, 0.3) is 0 Å². The van der Waals surface area contributed by atoms with Gasteiger partial charge in [0.15, 0.2) is 0 Å². The van der Waals surface area contributed by atoms with Crippen LogP contribution >= 0.6 is 11.6 Å². The Morgan fingerprint density at radius 1 is 1.12 bits per heavy atom. The number of amides is 2. The number of nitrogens with one attached hydrogen (secondary N) is 1. The summed E-state index contributed by atoms with van der Waals surface area (Å²) in [5.41, 5.74) is 2.82. The Kier molecular flexibility index (Phi) is 9.94. The summed E-state index contributed by atoms with van der Waals surface area (Å²) < 4.78 is 26.4. The summed E-state index contributed by atoms with van der Waals surface area (Å²) >= 11 is 6.32. The molecule has 0 saturated heterocycles. The first kappa shape index (κ1) is 27.7. The monoisotopic (exact) mass is 507 g/mol. The summed E-state index contributed by atoms with van der Waals surface area (Å²) in [6.07, 6.45) is 2.82. The van der Waals surface area contributed by atoms with Gasteiger partial charge in [0.05, 0.1) is 11.9 Å². The summed E-state index contributed by atoms with van der Waals surface area (Å²) in [6.45, 7) is 7.53. The van der Waals surface area contributed by atoms with Crippen molar-refractivity contribution in [2.45, 2.75) is 53.1 Å². The van der Waals surface area contributed by atoms with Crippen LogP contribution in [0.4, 0.5) is 5.69 Å². The number of hydrogen-bond acceptors (Lipinski definition) is 4. The van der Waals surface area contributed by atoms with E-state index in [1.165, 1.54) is 4.90 Å². The van der Waals surface area contributed by atoms with Crippen LogP contribution in [0.25, 0.3) is 0 Å². The number of carbonyl (C=O) groups excluding carboxylic acids is 2.